The van der Waals surface area contributed by atoms with E-state index < -0.39 is 5.54 Å². The smallest absolute Gasteiger partial charge is 0.247 e. The van der Waals surface area contributed by atoms with Gasteiger partial charge in [-0.2, -0.15) is 0 Å². The highest BCUT2D eigenvalue weighted by molar-refractivity contribution is 6.07. The third-order valence-corrected chi connectivity index (χ3v) is 4.29. The summed E-state index contributed by atoms with van der Waals surface area (Å²) in [5.41, 5.74) is 6.53. The van der Waals surface area contributed by atoms with Gasteiger partial charge in [0, 0.05) is 11.9 Å². The van der Waals surface area contributed by atoms with Gasteiger partial charge >= 0.3 is 0 Å². The van der Waals surface area contributed by atoms with Crippen LogP contribution in [0.3, 0.4) is 0 Å². The fraction of sp³-hybridized carbons (Fsp3) is 0.353. The molecule has 1 saturated carbocycles. The molecule has 0 aromatic heterocycles. The van der Waals surface area contributed by atoms with Gasteiger partial charge in [-0.3, -0.25) is 4.79 Å². The molecule has 0 unspecified atom stereocenters. The normalized spacial score (nSPS) is 16.7. The van der Waals surface area contributed by atoms with Crippen LogP contribution in [0.4, 0.5) is 5.69 Å². The van der Waals surface area contributed by atoms with Crippen molar-refractivity contribution in [2.24, 2.45) is 5.73 Å². The summed E-state index contributed by atoms with van der Waals surface area (Å²) in [7, 11) is 0. The van der Waals surface area contributed by atoms with Crippen LogP contribution in [-0.2, 0) is 4.79 Å². The largest absolute Gasteiger partial charge is 0.317 e. The van der Waals surface area contributed by atoms with Gasteiger partial charge in [-0.15, -0.1) is 0 Å². The van der Waals surface area contributed by atoms with E-state index in [-0.39, 0.29) is 5.91 Å². The van der Waals surface area contributed by atoms with Gasteiger partial charge in [-0.25, -0.2) is 0 Å². The van der Waals surface area contributed by atoms with Crippen LogP contribution in [0.25, 0.3) is 10.8 Å². The number of carbonyl (C=O) groups excluding carboxylic acids is 1. The third kappa shape index (κ3) is 1.98. The van der Waals surface area contributed by atoms with Crippen molar-refractivity contribution in [2.75, 3.05) is 11.4 Å². The second-order valence-corrected chi connectivity index (χ2v) is 5.56. The first-order valence-electron chi connectivity index (χ1n) is 7.24. The number of nitrogens with zero attached hydrogens (tertiary/aromatic N) is 1. The third-order valence-electron chi connectivity index (χ3n) is 4.29. The molecule has 1 amide bonds. The zero-order chi connectivity index (χ0) is 14.2. The molecule has 20 heavy (non-hydrogen) atoms. The summed E-state index contributed by atoms with van der Waals surface area (Å²) in [6.07, 6.45) is 2.65. The predicted octanol–water partition coefficient (Wildman–Crippen LogP) is 3.07. The van der Waals surface area contributed by atoms with Crippen molar-refractivity contribution < 1.29 is 4.79 Å². The van der Waals surface area contributed by atoms with E-state index in [1.54, 1.807) is 0 Å². The van der Waals surface area contributed by atoms with Gasteiger partial charge in [0.1, 0.15) is 0 Å². The van der Waals surface area contributed by atoms with Gasteiger partial charge in [0.25, 0.3) is 0 Å². The van der Waals surface area contributed by atoms with Gasteiger partial charge in [0.05, 0.1) is 11.2 Å². The number of amides is 1. The number of carbonyl (C=O) groups is 1. The minimum atomic E-state index is -0.646. The molecule has 104 valence electrons. The highest BCUT2D eigenvalue weighted by Gasteiger charge is 2.42. The molecule has 3 rings (SSSR count). The summed E-state index contributed by atoms with van der Waals surface area (Å²) in [4.78, 5) is 14.6. The summed E-state index contributed by atoms with van der Waals surface area (Å²) >= 11 is 0. The molecule has 1 aliphatic rings. The van der Waals surface area contributed by atoms with E-state index in [0.29, 0.717) is 6.54 Å². The quantitative estimate of drug-likeness (QED) is 0.930. The van der Waals surface area contributed by atoms with E-state index in [9.17, 15) is 4.79 Å². The van der Waals surface area contributed by atoms with E-state index in [4.69, 9.17) is 5.73 Å². The molecule has 0 aliphatic heterocycles. The first-order valence-corrected chi connectivity index (χ1v) is 7.24. The van der Waals surface area contributed by atoms with Crippen molar-refractivity contribution >= 4 is 22.4 Å². The highest BCUT2D eigenvalue weighted by Crippen LogP contribution is 2.34. The summed E-state index contributed by atoms with van der Waals surface area (Å²) in [5, 5.41) is 2.25. The van der Waals surface area contributed by atoms with E-state index in [1.165, 1.54) is 0 Å². The minimum absolute atomic E-state index is 0.0580. The molecule has 0 saturated heterocycles. The molecule has 2 aromatic rings. The SMILES string of the molecule is CCN(C(=O)C1(N)CCC1)c1cccc2ccccc12. The lowest BCUT2D eigenvalue weighted by molar-refractivity contribution is -0.126. The number of likely N-dealkylation sites (N-methyl/N-ethyl adjacent to an activating group) is 1. The summed E-state index contributed by atoms with van der Waals surface area (Å²) in [5.74, 6) is 0.0580. The molecule has 1 aliphatic carbocycles. The number of rotatable bonds is 3. The number of nitrogens with two attached hydrogens (primary N) is 1. The van der Waals surface area contributed by atoms with Crippen LogP contribution in [0, 0.1) is 0 Å². The fourth-order valence-electron chi connectivity index (χ4n) is 2.91. The van der Waals surface area contributed by atoms with Gasteiger partial charge < -0.3 is 10.6 Å². The average molecular weight is 268 g/mol. The van der Waals surface area contributed by atoms with Gasteiger partial charge in [-0.1, -0.05) is 36.4 Å². The van der Waals surface area contributed by atoms with Gasteiger partial charge in [-0.05, 0) is 37.6 Å². The molecule has 0 radical (unpaired) electrons. The molecule has 3 heteroatoms. The first-order chi connectivity index (χ1) is 9.65. The van der Waals surface area contributed by atoms with E-state index in [1.807, 2.05) is 36.1 Å². The van der Waals surface area contributed by atoms with Crippen molar-refractivity contribution in [3.8, 4) is 0 Å². The monoisotopic (exact) mass is 268 g/mol. The lowest BCUT2D eigenvalue weighted by Gasteiger charge is -2.40. The highest BCUT2D eigenvalue weighted by atomic mass is 16.2. The van der Waals surface area contributed by atoms with Crippen molar-refractivity contribution in [3.63, 3.8) is 0 Å². The molecule has 0 atom stereocenters. The number of fused-ring (bicyclic) bond motifs is 1. The Bertz CT molecular complexity index is 641. The number of hydrogen-bond donors (Lipinski definition) is 1. The van der Waals surface area contributed by atoms with Crippen molar-refractivity contribution in [2.45, 2.75) is 31.7 Å². The van der Waals surface area contributed by atoms with Crippen molar-refractivity contribution in [1.82, 2.24) is 0 Å². The fourth-order valence-corrected chi connectivity index (χ4v) is 2.91. The van der Waals surface area contributed by atoms with Crippen molar-refractivity contribution in [3.05, 3.63) is 42.5 Å². The second-order valence-electron chi connectivity index (χ2n) is 5.56. The van der Waals surface area contributed by atoms with Gasteiger partial charge in [0.2, 0.25) is 5.91 Å². The Morgan fingerprint density at radius 3 is 2.55 bits per heavy atom. The summed E-state index contributed by atoms with van der Waals surface area (Å²) in [6.45, 7) is 2.65. The molecule has 1 fully saturated rings. The predicted molar refractivity (Wildman–Crippen MR) is 82.7 cm³/mol. The zero-order valence-corrected chi connectivity index (χ0v) is 11.8. The maximum Gasteiger partial charge on any atom is 0.247 e. The Hall–Kier alpha value is -1.87. The first kappa shape index (κ1) is 13.1. The van der Waals surface area contributed by atoms with E-state index in [0.717, 1.165) is 35.7 Å². The Balaban J connectivity index is 2.05. The Morgan fingerprint density at radius 2 is 1.90 bits per heavy atom. The Labute approximate surface area is 119 Å². The van der Waals surface area contributed by atoms with Crippen LogP contribution in [0.2, 0.25) is 0 Å². The number of hydrogen-bond acceptors (Lipinski definition) is 2. The Kier molecular flexibility index (Phi) is 3.22. The maximum absolute atomic E-state index is 12.7. The van der Waals surface area contributed by atoms with E-state index >= 15 is 0 Å². The zero-order valence-electron chi connectivity index (χ0n) is 11.8. The lowest BCUT2D eigenvalue weighted by atomic mass is 9.76. The summed E-state index contributed by atoms with van der Waals surface area (Å²) in [6, 6.07) is 14.2. The maximum atomic E-state index is 12.7. The number of anilines is 1. The van der Waals surface area contributed by atoms with Crippen LogP contribution in [0.5, 0.6) is 0 Å². The molecular formula is C17H20N2O. The van der Waals surface area contributed by atoms with Crippen LogP contribution in [0.15, 0.2) is 42.5 Å². The molecule has 0 bridgehead atoms. The summed E-state index contributed by atoms with van der Waals surface area (Å²) < 4.78 is 0. The van der Waals surface area contributed by atoms with E-state index in [2.05, 4.69) is 18.2 Å². The minimum Gasteiger partial charge on any atom is -0.317 e. The van der Waals surface area contributed by atoms with Crippen LogP contribution in [0.1, 0.15) is 26.2 Å². The Morgan fingerprint density at radius 1 is 1.20 bits per heavy atom. The average Bonchev–Trinajstić information content (AvgIpc) is 2.45. The standard InChI is InChI=1S/C17H20N2O/c1-2-19(16(20)17(18)11-6-12-17)15-10-5-8-13-7-3-4-9-14(13)15/h3-5,7-10H,2,6,11-12,18H2,1H3. The molecule has 0 heterocycles. The molecular weight excluding hydrogens is 248 g/mol. The second kappa shape index (κ2) is 4.91. The topological polar surface area (TPSA) is 46.3 Å². The number of benzene rings is 2. The molecule has 2 N–H and O–H groups in total. The van der Waals surface area contributed by atoms with Crippen LogP contribution >= 0.6 is 0 Å². The van der Waals surface area contributed by atoms with Crippen LogP contribution < -0.4 is 10.6 Å². The molecule has 0 spiro atoms. The molecule has 3 nitrogen and oxygen atoms in total. The molecule has 2 aromatic carbocycles. The van der Waals surface area contributed by atoms with Gasteiger partial charge in [0.15, 0.2) is 0 Å². The van der Waals surface area contributed by atoms with Crippen molar-refractivity contribution in [1.29, 1.82) is 0 Å². The van der Waals surface area contributed by atoms with Crippen LogP contribution in [-0.4, -0.2) is 18.0 Å². The lowest BCUT2D eigenvalue weighted by Crippen LogP contribution is -2.59.